The van der Waals surface area contributed by atoms with E-state index in [0.717, 1.165) is 18.8 Å². The number of nitrogens with zero attached hydrogens (tertiary/aromatic N) is 2. The first kappa shape index (κ1) is 15.5. The van der Waals surface area contributed by atoms with Crippen LogP contribution >= 0.6 is 0 Å². The summed E-state index contributed by atoms with van der Waals surface area (Å²) in [6.45, 7) is 8.20. The molecule has 3 heteroatoms. The summed E-state index contributed by atoms with van der Waals surface area (Å²) < 4.78 is 0. The summed E-state index contributed by atoms with van der Waals surface area (Å²) in [5.41, 5.74) is 4.98. The molecule has 1 aromatic heterocycles. The van der Waals surface area contributed by atoms with Crippen LogP contribution in [-0.2, 0) is 13.1 Å². The Bertz CT molecular complexity index is 564. The van der Waals surface area contributed by atoms with E-state index in [-0.39, 0.29) is 0 Å². The van der Waals surface area contributed by atoms with Crippen molar-refractivity contribution in [3.05, 3.63) is 59.4 Å². The Labute approximate surface area is 128 Å². The summed E-state index contributed by atoms with van der Waals surface area (Å²) in [7, 11) is 2.12. The second-order valence-corrected chi connectivity index (χ2v) is 5.84. The van der Waals surface area contributed by atoms with Crippen molar-refractivity contribution in [2.45, 2.75) is 39.9 Å². The summed E-state index contributed by atoms with van der Waals surface area (Å²) in [5.74, 6) is 0. The summed E-state index contributed by atoms with van der Waals surface area (Å²) in [6, 6.07) is 13.2. The Balaban J connectivity index is 2.17. The van der Waals surface area contributed by atoms with Gasteiger partial charge >= 0.3 is 0 Å². The molecule has 21 heavy (non-hydrogen) atoms. The lowest BCUT2D eigenvalue weighted by molar-refractivity contribution is 0.588. The molecule has 0 aliphatic rings. The Morgan fingerprint density at radius 3 is 2.67 bits per heavy atom. The SMILES string of the molecule is Cc1ccc(N(C)Cc2ccccn2)c(CNC(C)C)c1. The summed E-state index contributed by atoms with van der Waals surface area (Å²) in [4.78, 5) is 6.67. The van der Waals surface area contributed by atoms with Crippen molar-refractivity contribution in [2.75, 3.05) is 11.9 Å². The molecular weight excluding hydrogens is 258 g/mol. The van der Waals surface area contributed by atoms with Crippen LogP contribution in [0.15, 0.2) is 42.6 Å². The third-order valence-corrected chi connectivity index (χ3v) is 3.47. The molecule has 1 heterocycles. The first-order valence-corrected chi connectivity index (χ1v) is 7.50. The second kappa shape index (κ2) is 7.23. The van der Waals surface area contributed by atoms with Crippen LogP contribution in [0.4, 0.5) is 5.69 Å². The van der Waals surface area contributed by atoms with Gasteiger partial charge in [-0.25, -0.2) is 0 Å². The lowest BCUT2D eigenvalue weighted by Crippen LogP contribution is -2.25. The molecule has 3 nitrogen and oxygen atoms in total. The van der Waals surface area contributed by atoms with Gasteiger partial charge in [0, 0.05) is 31.5 Å². The van der Waals surface area contributed by atoms with Crippen LogP contribution in [-0.4, -0.2) is 18.1 Å². The van der Waals surface area contributed by atoms with Crippen molar-refractivity contribution >= 4 is 5.69 Å². The number of pyridine rings is 1. The van der Waals surface area contributed by atoms with Crippen molar-refractivity contribution in [3.63, 3.8) is 0 Å². The average molecular weight is 283 g/mol. The second-order valence-electron chi connectivity index (χ2n) is 5.84. The number of nitrogens with one attached hydrogen (secondary N) is 1. The summed E-state index contributed by atoms with van der Waals surface area (Å²) in [5, 5.41) is 3.51. The maximum absolute atomic E-state index is 4.41. The van der Waals surface area contributed by atoms with E-state index in [1.165, 1.54) is 16.8 Å². The fraction of sp³-hybridized carbons (Fsp3) is 0.389. The van der Waals surface area contributed by atoms with Gasteiger partial charge in [-0.2, -0.15) is 0 Å². The van der Waals surface area contributed by atoms with Crippen LogP contribution in [0, 0.1) is 6.92 Å². The van der Waals surface area contributed by atoms with E-state index in [1.54, 1.807) is 0 Å². The van der Waals surface area contributed by atoms with Crippen LogP contribution in [0.25, 0.3) is 0 Å². The molecule has 0 saturated carbocycles. The van der Waals surface area contributed by atoms with E-state index in [9.17, 15) is 0 Å². The Morgan fingerprint density at radius 1 is 1.19 bits per heavy atom. The minimum Gasteiger partial charge on any atom is -0.368 e. The highest BCUT2D eigenvalue weighted by molar-refractivity contribution is 5.54. The topological polar surface area (TPSA) is 28.2 Å². The normalized spacial score (nSPS) is 10.9. The van der Waals surface area contributed by atoms with Crippen molar-refractivity contribution in [1.29, 1.82) is 0 Å². The molecule has 1 N–H and O–H groups in total. The zero-order valence-corrected chi connectivity index (χ0v) is 13.4. The summed E-state index contributed by atoms with van der Waals surface area (Å²) in [6.07, 6.45) is 1.85. The van der Waals surface area contributed by atoms with Gasteiger partial charge in [0.15, 0.2) is 0 Å². The van der Waals surface area contributed by atoms with E-state index in [4.69, 9.17) is 0 Å². The molecule has 0 aliphatic heterocycles. The molecule has 0 amide bonds. The first-order chi connectivity index (χ1) is 10.1. The van der Waals surface area contributed by atoms with E-state index in [1.807, 2.05) is 18.3 Å². The molecule has 0 fully saturated rings. The van der Waals surface area contributed by atoms with Gasteiger partial charge in [-0.3, -0.25) is 4.98 Å². The zero-order chi connectivity index (χ0) is 15.2. The number of anilines is 1. The quantitative estimate of drug-likeness (QED) is 0.879. The number of aryl methyl sites for hydroxylation is 1. The van der Waals surface area contributed by atoms with E-state index in [0.29, 0.717) is 6.04 Å². The van der Waals surface area contributed by atoms with Crippen LogP contribution < -0.4 is 10.2 Å². The number of hydrogen-bond acceptors (Lipinski definition) is 3. The largest absolute Gasteiger partial charge is 0.368 e. The average Bonchev–Trinajstić information content (AvgIpc) is 2.46. The van der Waals surface area contributed by atoms with Gasteiger partial charge in [-0.05, 0) is 30.7 Å². The Morgan fingerprint density at radius 2 is 2.00 bits per heavy atom. The lowest BCUT2D eigenvalue weighted by atomic mass is 10.1. The van der Waals surface area contributed by atoms with Crippen molar-refractivity contribution < 1.29 is 0 Å². The van der Waals surface area contributed by atoms with E-state index >= 15 is 0 Å². The van der Waals surface area contributed by atoms with Gasteiger partial charge in [0.25, 0.3) is 0 Å². The van der Waals surface area contributed by atoms with Crippen LogP contribution in [0.5, 0.6) is 0 Å². The minimum absolute atomic E-state index is 0.486. The van der Waals surface area contributed by atoms with Crippen LogP contribution in [0.1, 0.15) is 30.7 Å². The zero-order valence-electron chi connectivity index (χ0n) is 13.4. The van der Waals surface area contributed by atoms with Gasteiger partial charge in [0.05, 0.1) is 12.2 Å². The molecule has 0 aliphatic carbocycles. The lowest BCUT2D eigenvalue weighted by Gasteiger charge is -2.23. The molecule has 0 bridgehead atoms. The molecule has 1 aromatic carbocycles. The molecule has 2 aromatic rings. The number of hydrogen-bond donors (Lipinski definition) is 1. The predicted molar refractivity (Wildman–Crippen MR) is 89.5 cm³/mol. The van der Waals surface area contributed by atoms with E-state index in [2.05, 4.69) is 67.3 Å². The fourth-order valence-corrected chi connectivity index (χ4v) is 2.36. The summed E-state index contributed by atoms with van der Waals surface area (Å²) >= 11 is 0. The fourth-order valence-electron chi connectivity index (χ4n) is 2.36. The number of benzene rings is 1. The third kappa shape index (κ3) is 4.57. The Kier molecular flexibility index (Phi) is 5.34. The highest BCUT2D eigenvalue weighted by Crippen LogP contribution is 2.22. The first-order valence-electron chi connectivity index (χ1n) is 7.50. The highest BCUT2D eigenvalue weighted by Gasteiger charge is 2.09. The Hall–Kier alpha value is -1.87. The molecule has 0 spiro atoms. The molecule has 0 unspecified atom stereocenters. The molecule has 0 atom stereocenters. The maximum Gasteiger partial charge on any atom is 0.0598 e. The molecule has 0 saturated heterocycles. The molecule has 112 valence electrons. The molecule has 0 radical (unpaired) electrons. The monoisotopic (exact) mass is 283 g/mol. The van der Waals surface area contributed by atoms with Crippen molar-refractivity contribution in [2.24, 2.45) is 0 Å². The van der Waals surface area contributed by atoms with Crippen molar-refractivity contribution in [1.82, 2.24) is 10.3 Å². The minimum atomic E-state index is 0.486. The van der Waals surface area contributed by atoms with Crippen LogP contribution in [0.3, 0.4) is 0 Å². The third-order valence-electron chi connectivity index (χ3n) is 3.47. The van der Waals surface area contributed by atoms with Gasteiger partial charge < -0.3 is 10.2 Å². The number of aromatic nitrogens is 1. The molecule has 2 rings (SSSR count). The van der Waals surface area contributed by atoms with Gasteiger partial charge in [-0.15, -0.1) is 0 Å². The van der Waals surface area contributed by atoms with Gasteiger partial charge in [-0.1, -0.05) is 37.6 Å². The predicted octanol–water partition coefficient (Wildman–Crippen LogP) is 3.52. The van der Waals surface area contributed by atoms with Crippen LogP contribution in [0.2, 0.25) is 0 Å². The highest BCUT2D eigenvalue weighted by atomic mass is 15.1. The smallest absolute Gasteiger partial charge is 0.0598 e. The van der Waals surface area contributed by atoms with Gasteiger partial charge in [0.1, 0.15) is 0 Å². The molecular formula is C18H25N3. The number of rotatable bonds is 6. The standard InChI is InChI=1S/C18H25N3/c1-14(2)20-12-16-11-15(3)8-9-18(16)21(4)13-17-7-5-6-10-19-17/h5-11,14,20H,12-13H2,1-4H3. The van der Waals surface area contributed by atoms with Gasteiger partial charge in [0.2, 0.25) is 0 Å². The van der Waals surface area contributed by atoms with E-state index < -0.39 is 0 Å². The maximum atomic E-state index is 4.41. The van der Waals surface area contributed by atoms with Crippen molar-refractivity contribution in [3.8, 4) is 0 Å².